The highest BCUT2D eigenvalue weighted by Crippen LogP contribution is 2.46. The molecule has 4 heteroatoms. The third kappa shape index (κ3) is 4.76. The van der Waals surface area contributed by atoms with Crippen molar-refractivity contribution in [1.82, 2.24) is 15.0 Å². The van der Waals surface area contributed by atoms with E-state index in [1.54, 1.807) is 0 Å². The number of fused-ring (bicyclic) bond motifs is 6. The number of rotatable bonds is 4. The summed E-state index contributed by atoms with van der Waals surface area (Å²) in [5.41, 5.74) is 5.33. The Morgan fingerprint density at radius 3 is 1.55 bits per heavy atom. The largest absolute Gasteiger partial charge is 0.208 e. The van der Waals surface area contributed by atoms with Crippen molar-refractivity contribution in [2.45, 2.75) is 0 Å². The molecule has 0 saturated heterocycles. The zero-order valence-electron chi connectivity index (χ0n) is 26.3. The molecule has 10 aromatic rings. The quantitative estimate of drug-likeness (QED) is 0.192. The number of thiophene rings is 1. The average molecular weight is 642 g/mol. The molecular weight excluding hydrogens is 615 g/mol. The van der Waals surface area contributed by atoms with Crippen LogP contribution in [0.4, 0.5) is 0 Å². The molecule has 8 aromatic carbocycles. The van der Waals surface area contributed by atoms with E-state index in [0.29, 0.717) is 17.5 Å². The highest BCUT2D eigenvalue weighted by atomic mass is 32.1. The maximum Gasteiger partial charge on any atom is 0.164 e. The van der Waals surface area contributed by atoms with Crippen LogP contribution in [0.3, 0.4) is 0 Å². The van der Waals surface area contributed by atoms with E-state index in [1.165, 1.54) is 58.2 Å². The minimum absolute atomic E-state index is 0.658. The predicted octanol–water partition coefficient (Wildman–Crippen LogP) is 12.4. The lowest BCUT2D eigenvalue weighted by atomic mass is 9.96. The SMILES string of the molecule is c1ccc(-c2nc(-c3ccc4ccccc4c3)nc(-c3ccc(-c4ccc5ccccc5c4)c4sc5cc6ccccc6cc5c34)n2)cc1. The standard InChI is InChI=1S/C45H27N3S/c1-2-12-30(13-3-1)43-46-44(36-21-19-29-11-5-7-15-32(29)25-36)48-45(47-43)38-23-22-37(35-20-18-28-10-4-6-14-31(28)24-35)42-41(38)39-26-33-16-8-9-17-34(33)27-40(39)49-42/h1-27H. The molecule has 0 atom stereocenters. The Kier molecular flexibility index (Phi) is 6.36. The lowest BCUT2D eigenvalue weighted by Gasteiger charge is -2.12. The maximum absolute atomic E-state index is 5.23. The van der Waals surface area contributed by atoms with Crippen molar-refractivity contribution in [3.8, 4) is 45.3 Å². The molecule has 0 fully saturated rings. The molecule has 49 heavy (non-hydrogen) atoms. The summed E-state index contributed by atoms with van der Waals surface area (Å²) < 4.78 is 2.47. The van der Waals surface area contributed by atoms with Gasteiger partial charge in [-0.1, -0.05) is 133 Å². The second-order valence-electron chi connectivity index (χ2n) is 12.5. The molecule has 228 valence electrons. The third-order valence-electron chi connectivity index (χ3n) is 9.46. The number of nitrogens with zero attached hydrogens (tertiary/aromatic N) is 3. The van der Waals surface area contributed by atoms with Crippen molar-refractivity contribution in [2.75, 3.05) is 0 Å². The van der Waals surface area contributed by atoms with Gasteiger partial charge in [-0.15, -0.1) is 11.3 Å². The van der Waals surface area contributed by atoms with Gasteiger partial charge in [0.15, 0.2) is 17.5 Å². The lowest BCUT2D eigenvalue weighted by molar-refractivity contribution is 1.08. The van der Waals surface area contributed by atoms with Gasteiger partial charge in [-0.25, -0.2) is 15.0 Å². The molecule has 0 unspecified atom stereocenters. The number of hydrogen-bond donors (Lipinski definition) is 0. The van der Waals surface area contributed by atoms with E-state index in [1.807, 2.05) is 29.5 Å². The van der Waals surface area contributed by atoms with Crippen molar-refractivity contribution >= 4 is 63.8 Å². The van der Waals surface area contributed by atoms with Crippen LogP contribution in [0.1, 0.15) is 0 Å². The van der Waals surface area contributed by atoms with E-state index >= 15 is 0 Å². The van der Waals surface area contributed by atoms with Crippen LogP contribution in [0.5, 0.6) is 0 Å². The zero-order chi connectivity index (χ0) is 32.3. The van der Waals surface area contributed by atoms with Crippen molar-refractivity contribution in [3.05, 3.63) is 164 Å². The Bertz CT molecular complexity index is 2890. The van der Waals surface area contributed by atoms with E-state index in [4.69, 9.17) is 15.0 Å². The summed E-state index contributed by atoms with van der Waals surface area (Å²) >= 11 is 1.84. The Balaban J connectivity index is 1.27. The molecule has 0 bridgehead atoms. The van der Waals surface area contributed by atoms with Crippen molar-refractivity contribution < 1.29 is 0 Å². The molecule has 0 aliphatic carbocycles. The summed E-state index contributed by atoms with van der Waals surface area (Å²) in [6.07, 6.45) is 0. The van der Waals surface area contributed by atoms with E-state index in [2.05, 4.69) is 146 Å². The molecule has 0 amide bonds. The minimum Gasteiger partial charge on any atom is -0.208 e. The van der Waals surface area contributed by atoms with Crippen LogP contribution in [-0.2, 0) is 0 Å². The van der Waals surface area contributed by atoms with Crippen LogP contribution in [0.15, 0.2) is 164 Å². The van der Waals surface area contributed by atoms with Crippen LogP contribution in [0.2, 0.25) is 0 Å². The fourth-order valence-corrected chi connectivity index (χ4v) is 8.30. The van der Waals surface area contributed by atoms with Crippen LogP contribution in [-0.4, -0.2) is 15.0 Å². The molecule has 0 N–H and O–H groups in total. The van der Waals surface area contributed by atoms with Gasteiger partial charge in [-0.2, -0.15) is 0 Å². The first-order valence-corrected chi connectivity index (χ1v) is 17.3. The lowest BCUT2D eigenvalue weighted by Crippen LogP contribution is -2.00. The van der Waals surface area contributed by atoms with Gasteiger partial charge in [-0.3, -0.25) is 0 Å². The zero-order valence-corrected chi connectivity index (χ0v) is 27.2. The van der Waals surface area contributed by atoms with E-state index in [-0.39, 0.29) is 0 Å². The minimum atomic E-state index is 0.658. The fourth-order valence-electron chi connectivity index (χ4n) is 7.01. The summed E-state index contributed by atoms with van der Waals surface area (Å²) in [4.78, 5) is 15.5. The molecule has 0 spiro atoms. The normalized spacial score (nSPS) is 11.7. The maximum atomic E-state index is 5.23. The molecule has 10 rings (SSSR count). The van der Waals surface area contributed by atoms with E-state index in [0.717, 1.165) is 22.1 Å². The second-order valence-corrected chi connectivity index (χ2v) is 13.5. The van der Waals surface area contributed by atoms with Gasteiger partial charge >= 0.3 is 0 Å². The van der Waals surface area contributed by atoms with Crippen LogP contribution in [0.25, 0.3) is 97.8 Å². The molecule has 0 radical (unpaired) electrons. The first-order valence-electron chi connectivity index (χ1n) is 16.4. The van der Waals surface area contributed by atoms with Crippen LogP contribution in [0, 0.1) is 0 Å². The summed E-state index contributed by atoms with van der Waals surface area (Å²) in [6.45, 7) is 0. The summed E-state index contributed by atoms with van der Waals surface area (Å²) in [5, 5.41) is 9.65. The first kappa shape index (κ1) is 27.8. The topological polar surface area (TPSA) is 38.7 Å². The Morgan fingerprint density at radius 1 is 0.347 bits per heavy atom. The number of hydrogen-bond acceptors (Lipinski definition) is 4. The van der Waals surface area contributed by atoms with Crippen molar-refractivity contribution in [1.29, 1.82) is 0 Å². The van der Waals surface area contributed by atoms with Gasteiger partial charge < -0.3 is 0 Å². The molecule has 2 heterocycles. The van der Waals surface area contributed by atoms with E-state index < -0.39 is 0 Å². The fraction of sp³-hybridized carbons (Fsp3) is 0. The van der Waals surface area contributed by atoms with Crippen LogP contribution < -0.4 is 0 Å². The van der Waals surface area contributed by atoms with Gasteiger partial charge in [0.25, 0.3) is 0 Å². The number of benzene rings is 8. The molecule has 2 aromatic heterocycles. The second kappa shape index (κ2) is 11.2. The number of aromatic nitrogens is 3. The first-order chi connectivity index (χ1) is 24.2. The highest BCUT2D eigenvalue weighted by molar-refractivity contribution is 7.26. The van der Waals surface area contributed by atoms with Gasteiger partial charge in [0.2, 0.25) is 0 Å². The Labute approximate surface area is 286 Å². The van der Waals surface area contributed by atoms with Crippen LogP contribution >= 0.6 is 11.3 Å². The smallest absolute Gasteiger partial charge is 0.164 e. The van der Waals surface area contributed by atoms with Gasteiger partial charge in [0.05, 0.1) is 0 Å². The predicted molar refractivity (Wildman–Crippen MR) is 207 cm³/mol. The molecule has 3 nitrogen and oxygen atoms in total. The highest BCUT2D eigenvalue weighted by Gasteiger charge is 2.20. The average Bonchev–Trinajstić information content (AvgIpc) is 3.54. The molecule has 0 aliphatic rings. The molecular formula is C45H27N3S. The van der Waals surface area contributed by atoms with Crippen molar-refractivity contribution in [3.63, 3.8) is 0 Å². The van der Waals surface area contributed by atoms with Gasteiger partial charge in [0.1, 0.15) is 0 Å². The third-order valence-corrected chi connectivity index (χ3v) is 10.6. The Hall–Kier alpha value is -6.23. The monoisotopic (exact) mass is 641 g/mol. The molecule has 0 saturated carbocycles. The Morgan fingerprint density at radius 2 is 0.857 bits per heavy atom. The van der Waals surface area contributed by atoms with E-state index in [9.17, 15) is 0 Å². The summed E-state index contributed by atoms with van der Waals surface area (Å²) in [5.74, 6) is 1.98. The molecule has 0 aliphatic heterocycles. The van der Waals surface area contributed by atoms with Crippen molar-refractivity contribution in [2.24, 2.45) is 0 Å². The summed E-state index contributed by atoms with van der Waals surface area (Å²) in [6, 6.07) is 58.1. The van der Waals surface area contributed by atoms with Gasteiger partial charge in [-0.05, 0) is 73.8 Å². The van der Waals surface area contributed by atoms with Gasteiger partial charge in [0, 0.05) is 36.9 Å². The summed E-state index contributed by atoms with van der Waals surface area (Å²) in [7, 11) is 0.